The predicted molar refractivity (Wildman–Crippen MR) is 59.5 cm³/mol. The van der Waals surface area contributed by atoms with E-state index in [0.717, 1.165) is 0 Å². The third-order valence-corrected chi connectivity index (χ3v) is 3.87. The lowest BCUT2D eigenvalue weighted by molar-refractivity contribution is 0.151. The van der Waals surface area contributed by atoms with E-state index < -0.39 is 12.2 Å². The molecule has 0 saturated heterocycles. The van der Waals surface area contributed by atoms with E-state index in [1.165, 1.54) is 17.4 Å². The molecule has 0 bridgehead atoms. The average molecular weight is 328 g/mol. The van der Waals surface area contributed by atoms with Gasteiger partial charge in [-0.3, -0.25) is 0 Å². The van der Waals surface area contributed by atoms with E-state index in [1.54, 1.807) is 34.0 Å². The molecule has 0 fully saturated rings. The van der Waals surface area contributed by atoms with Crippen LogP contribution in [0.5, 0.6) is 0 Å². The number of fused-ring (bicyclic) bond motifs is 1. The first kappa shape index (κ1) is 10.2. The van der Waals surface area contributed by atoms with E-state index in [9.17, 15) is 13.2 Å². The number of benzene rings is 1. The second kappa shape index (κ2) is 3.69. The first-order chi connectivity index (χ1) is 6.61. The maximum absolute atomic E-state index is 13.2. The molecule has 0 radical (unpaired) electrons. The van der Waals surface area contributed by atoms with Crippen LogP contribution in [0, 0.1) is 9.39 Å². The molecule has 0 aliphatic rings. The molecule has 2 aromatic rings. The van der Waals surface area contributed by atoms with Gasteiger partial charge in [-0.05, 0) is 40.1 Å². The summed E-state index contributed by atoms with van der Waals surface area (Å²) in [5.74, 6) is -0.573. The molecule has 2 rings (SSSR count). The second-order valence-corrected chi connectivity index (χ2v) is 4.75. The van der Waals surface area contributed by atoms with Crippen molar-refractivity contribution in [2.24, 2.45) is 0 Å². The van der Waals surface area contributed by atoms with Gasteiger partial charge in [0.1, 0.15) is 5.82 Å². The minimum Gasteiger partial charge on any atom is -0.206 e. The molecular formula is C9H4F3IS. The fourth-order valence-corrected chi connectivity index (χ4v) is 2.80. The predicted octanol–water partition coefficient (Wildman–Crippen LogP) is 4.58. The summed E-state index contributed by atoms with van der Waals surface area (Å²) in [7, 11) is 0. The Bertz CT molecular complexity index is 478. The van der Waals surface area contributed by atoms with Crippen LogP contribution in [0.25, 0.3) is 10.1 Å². The molecule has 5 heteroatoms. The molecule has 0 saturated carbocycles. The zero-order chi connectivity index (χ0) is 10.3. The Hall–Kier alpha value is -0.300. The van der Waals surface area contributed by atoms with Crippen molar-refractivity contribution in [3.8, 4) is 0 Å². The average Bonchev–Trinajstić information content (AvgIpc) is 2.52. The monoisotopic (exact) mass is 328 g/mol. The van der Waals surface area contributed by atoms with Gasteiger partial charge in [0.25, 0.3) is 6.43 Å². The maximum atomic E-state index is 13.2. The maximum Gasteiger partial charge on any atom is 0.265 e. The first-order valence-electron chi connectivity index (χ1n) is 3.74. The Morgan fingerprint density at radius 3 is 2.71 bits per heavy atom. The lowest BCUT2D eigenvalue weighted by Crippen LogP contribution is -1.93. The molecule has 0 spiro atoms. The van der Waals surface area contributed by atoms with Crippen LogP contribution in [0.3, 0.4) is 0 Å². The standard InChI is InChI=1S/C9H4F3IS/c10-5-3-6-4(1-2-14-6)7(8(5)13)9(11)12/h1-3,9H. The van der Waals surface area contributed by atoms with Crippen molar-refractivity contribution in [3.63, 3.8) is 0 Å². The highest BCUT2D eigenvalue weighted by molar-refractivity contribution is 14.1. The van der Waals surface area contributed by atoms with E-state index in [-0.39, 0.29) is 9.13 Å². The first-order valence-corrected chi connectivity index (χ1v) is 5.70. The van der Waals surface area contributed by atoms with Gasteiger partial charge in [-0.15, -0.1) is 11.3 Å². The van der Waals surface area contributed by atoms with Gasteiger partial charge in [0, 0.05) is 15.6 Å². The number of thiophene rings is 1. The van der Waals surface area contributed by atoms with E-state index >= 15 is 0 Å². The van der Waals surface area contributed by atoms with Crippen molar-refractivity contribution < 1.29 is 13.2 Å². The van der Waals surface area contributed by atoms with Crippen LogP contribution in [0.4, 0.5) is 13.2 Å². The van der Waals surface area contributed by atoms with Crippen molar-refractivity contribution in [3.05, 3.63) is 32.5 Å². The van der Waals surface area contributed by atoms with Crippen molar-refractivity contribution in [1.29, 1.82) is 0 Å². The van der Waals surface area contributed by atoms with Crippen LogP contribution < -0.4 is 0 Å². The molecule has 0 aliphatic carbocycles. The Balaban J connectivity index is 2.86. The van der Waals surface area contributed by atoms with Gasteiger partial charge in [-0.1, -0.05) is 0 Å². The van der Waals surface area contributed by atoms with Crippen LogP contribution in [0.2, 0.25) is 0 Å². The van der Waals surface area contributed by atoms with Crippen molar-refractivity contribution in [1.82, 2.24) is 0 Å². The summed E-state index contributed by atoms with van der Waals surface area (Å²) in [5.41, 5.74) is -0.193. The van der Waals surface area contributed by atoms with Crippen LogP contribution >= 0.6 is 33.9 Å². The zero-order valence-electron chi connectivity index (χ0n) is 6.73. The third kappa shape index (κ3) is 1.52. The summed E-state index contributed by atoms with van der Waals surface area (Å²) in [6.45, 7) is 0. The van der Waals surface area contributed by atoms with Crippen LogP contribution in [0.1, 0.15) is 12.0 Å². The van der Waals surface area contributed by atoms with Gasteiger partial charge < -0.3 is 0 Å². The van der Waals surface area contributed by atoms with E-state index in [4.69, 9.17) is 0 Å². The lowest BCUT2D eigenvalue weighted by Gasteiger charge is -2.05. The minimum atomic E-state index is -2.63. The summed E-state index contributed by atoms with van der Waals surface area (Å²) in [5, 5.41) is 2.14. The van der Waals surface area contributed by atoms with Crippen LogP contribution in [-0.4, -0.2) is 0 Å². The van der Waals surface area contributed by atoms with E-state index in [2.05, 4.69) is 0 Å². The molecule has 1 aromatic heterocycles. The van der Waals surface area contributed by atoms with Gasteiger partial charge in [0.15, 0.2) is 0 Å². The van der Waals surface area contributed by atoms with Crippen LogP contribution in [0.15, 0.2) is 17.5 Å². The topological polar surface area (TPSA) is 0 Å². The van der Waals surface area contributed by atoms with Gasteiger partial charge >= 0.3 is 0 Å². The molecule has 14 heavy (non-hydrogen) atoms. The fraction of sp³-hybridized carbons (Fsp3) is 0.111. The van der Waals surface area contributed by atoms with Crippen molar-refractivity contribution >= 4 is 44.0 Å². The zero-order valence-corrected chi connectivity index (χ0v) is 9.70. The fourth-order valence-electron chi connectivity index (χ4n) is 1.29. The highest BCUT2D eigenvalue weighted by atomic mass is 127. The molecule has 0 atom stereocenters. The molecule has 1 heterocycles. The summed E-state index contributed by atoms with van der Waals surface area (Å²) in [6.07, 6.45) is -2.63. The summed E-state index contributed by atoms with van der Waals surface area (Å²) in [6, 6.07) is 2.90. The largest absolute Gasteiger partial charge is 0.265 e. The van der Waals surface area contributed by atoms with Gasteiger partial charge in [0.2, 0.25) is 0 Å². The summed E-state index contributed by atoms with van der Waals surface area (Å²) in [4.78, 5) is 0. The molecule has 74 valence electrons. The highest BCUT2D eigenvalue weighted by Crippen LogP contribution is 2.35. The number of rotatable bonds is 1. The number of halogens is 4. The van der Waals surface area contributed by atoms with Gasteiger partial charge in [0.05, 0.1) is 3.57 Å². The van der Waals surface area contributed by atoms with Crippen LogP contribution in [-0.2, 0) is 0 Å². The molecule has 0 nitrogen and oxygen atoms in total. The molecule has 0 amide bonds. The third-order valence-electron chi connectivity index (χ3n) is 1.91. The second-order valence-electron chi connectivity index (χ2n) is 2.72. The Morgan fingerprint density at radius 2 is 2.07 bits per heavy atom. The number of hydrogen-bond donors (Lipinski definition) is 0. The van der Waals surface area contributed by atoms with Gasteiger partial charge in [-0.25, -0.2) is 13.2 Å². The normalized spacial score (nSPS) is 11.5. The Kier molecular flexibility index (Phi) is 2.70. The summed E-state index contributed by atoms with van der Waals surface area (Å²) >= 11 is 2.88. The van der Waals surface area contributed by atoms with Gasteiger partial charge in [-0.2, -0.15) is 0 Å². The van der Waals surface area contributed by atoms with E-state index in [0.29, 0.717) is 10.1 Å². The molecular weight excluding hydrogens is 324 g/mol. The Morgan fingerprint density at radius 1 is 1.36 bits per heavy atom. The number of hydrogen-bond acceptors (Lipinski definition) is 1. The van der Waals surface area contributed by atoms with E-state index in [1.807, 2.05) is 0 Å². The number of alkyl halides is 2. The summed E-state index contributed by atoms with van der Waals surface area (Å²) < 4.78 is 39.1. The van der Waals surface area contributed by atoms with Crippen molar-refractivity contribution in [2.45, 2.75) is 6.43 Å². The minimum absolute atomic E-state index is 0.0171. The van der Waals surface area contributed by atoms with Crippen molar-refractivity contribution in [2.75, 3.05) is 0 Å². The molecule has 1 aromatic carbocycles. The lowest BCUT2D eigenvalue weighted by atomic mass is 10.1. The highest BCUT2D eigenvalue weighted by Gasteiger charge is 2.19. The smallest absolute Gasteiger partial charge is 0.206 e. The quantitative estimate of drug-likeness (QED) is 0.672. The molecule has 0 unspecified atom stereocenters. The molecule has 0 N–H and O–H groups in total. The molecule has 0 aliphatic heterocycles. The SMILES string of the molecule is Fc1cc2sccc2c(C(F)F)c1I. The Labute approximate surface area is 95.9 Å².